The Labute approximate surface area is 193 Å². The number of carbonyl (C=O) groups excluding carboxylic acids is 3. The van der Waals surface area contributed by atoms with Crippen LogP contribution in [-0.4, -0.2) is 39.5 Å². The summed E-state index contributed by atoms with van der Waals surface area (Å²) < 4.78 is 14.8. The van der Waals surface area contributed by atoms with E-state index in [9.17, 15) is 18.8 Å². The smallest absolute Gasteiger partial charge is 0.269 e. The first-order valence-corrected chi connectivity index (χ1v) is 10.3. The molecule has 0 atom stereocenters. The van der Waals surface area contributed by atoms with Crippen LogP contribution in [0.3, 0.4) is 0 Å². The summed E-state index contributed by atoms with van der Waals surface area (Å²) in [6.45, 7) is 1.76. The molecule has 172 valence electrons. The Hall–Kier alpha value is -4.60. The van der Waals surface area contributed by atoms with E-state index in [2.05, 4.69) is 15.4 Å². The van der Waals surface area contributed by atoms with Gasteiger partial charge in [-0.15, -0.1) is 0 Å². The summed E-state index contributed by atoms with van der Waals surface area (Å²) in [5.41, 5.74) is 12.9. The zero-order chi connectivity index (χ0) is 24.6. The van der Waals surface area contributed by atoms with Gasteiger partial charge < -0.3 is 16.8 Å². The van der Waals surface area contributed by atoms with E-state index in [0.717, 1.165) is 0 Å². The molecular weight excluding hydrogens is 439 g/mol. The topological polar surface area (TPSA) is 146 Å². The quantitative estimate of drug-likeness (QED) is 0.404. The monoisotopic (exact) mass is 460 g/mol. The molecule has 0 saturated carbocycles. The minimum absolute atomic E-state index is 0.00832. The van der Waals surface area contributed by atoms with Gasteiger partial charge >= 0.3 is 0 Å². The number of pyridine rings is 1. The Balaban J connectivity index is 2.08. The molecule has 2 heterocycles. The number of aryl methyl sites for hydroxylation is 1. The molecule has 0 aliphatic carbocycles. The lowest BCUT2D eigenvalue weighted by atomic mass is 9.92. The standard InChI is InChI=1S/C24H21FN6O3/c1-12-17(21(24(34)28-2)31(30-12)11-13-7-9-14(25)10-8-13)19-18(22(26)32)15-5-3-4-6-16(15)29-20(19)23(27)33/h3-10H,11H2,1-2H3,(H2,26,32)(H2,27,33)(H,28,34). The molecule has 3 amide bonds. The number of rotatable bonds is 6. The molecule has 0 unspecified atom stereocenters. The van der Waals surface area contributed by atoms with E-state index >= 15 is 0 Å². The molecule has 2 aromatic carbocycles. The van der Waals surface area contributed by atoms with Gasteiger partial charge in [0.25, 0.3) is 11.8 Å². The minimum Gasteiger partial charge on any atom is -0.366 e. The van der Waals surface area contributed by atoms with Crippen LogP contribution in [0.2, 0.25) is 0 Å². The van der Waals surface area contributed by atoms with Crippen molar-refractivity contribution in [2.45, 2.75) is 13.5 Å². The van der Waals surface area contributed by atoms with Crippen LogP contribution >= 0.6 is 0 Å². The highest BCUT2D eigenvalue weighted by atomic mass is 19.1. The molecule has 10 heteroatoms. The largest absolute Gasteiger partial charge is 0.366 e. The number of nitrogens with zero attached hydrogens (tertiary/aromatic N) is 3. The number of nitrogens with one attached hydrogen (secondary N) is 1. The van der Waals surface area contributed by atoms with Crippen LogP contribution in [-0.2, 0) is 6.54 Å². The zero-order valence-electron chi connectivity index (χ0n) is 18.4. The summed E-state index contributed by atoms with van der Waals surface area (Å²) >= 11 is 0. The number of hydrogen-bond donors (Lipinski definition) is 3. The molecule has 0 aliphatic heterocycles. The number of fused-ring (bicyclic) bond motifs is 1. The molecule has 0 fully saturated rings. The number of benzene rings is 2. The maximum atomic E-state index is 13.4. The van der Waals surface area contributed by atoms with E-state index in [-0.39, 0.29) is 34.6 Å². The Morgan fingerprint density at radius 2 is 1.68 bits per heavy atom. The van der Waals surface area contributed by atoms with Crippen molar-refractivity contribution < 1.29 is 18.8 Å². The fourth-order valence-corrected chi connectivity index (χ4v) is 4.00. The molecule has 34 heavy (non-hydrogen) atoms. The number of aromatic nitrogens is 3. The molecule has 0 saturated heterocycles. The van der Waals surface area contributed by atoms with Crippen molar-refractivity contribution in [2.24, 2.45) is 11.5 Å². The predicted molar refractivity (Wildman–Crippen MR) is 124 cm³/mol. The molecule has 0 radical (unpaired) electrons. The van der Waals surface area contributed by atoms with Gasteiger partial charge in [-0.25, -0.2) is 9.37 Å². The van der Waals surface area contributed by atoms with Gasteiger partial charge in [0, 0.05) is 23.6 Å². The summed E-state index contributed by atoms with van der Waals surface area (Å²) in [4.78, 5) is 42.5. The van der Waals surface area contributed by atoms with Gasteiger partial charge in [0.15, 0.2) is 0 Å². The first-order chi connectivity index (χ1) is 16.2. The Morgan fingerprint density at radius 1 is 1.00 bits per heavy atom. The zero-order valence-corrected chi connectivity index (χ0v) is 18.4. The van der Waals surface area contributed by atoms with Crippen LogP contribution in [0.4, 0.5) is 4.39 Å². The van der Waals surface area contributed by atoms with E-state index in [1.54, 1.807) is 43.3 Å². The SMILES string of the molecule is CNC(=O)c1c(-c2c(C(N)=O)nc3ccccc3c2C(N)=O)c(C)nn1Cc1ccc(F)cc1. The first-order valence-electron chi connectivity index (χ1n) is 10.3. The summed E-state index contributed by atoms with van der Waals surface area (Å²) in [5.74, 6) is -2.62. The average molecular weight is 460 g/mol. The normalized spacial score (nSPS) is 10.9. The van der Waals surface area contributed by atoms with Crippen molar-refractivity contribution >= 4 is 28.6 Å². The number of halogens is 1. The van der Waals surface area contributed by atoms with Crippen LogP contribution in [0.25, 0.3) is 22.0 Å². The Kier molecular flexibility index (Phi) is 5.80. The summed E-state index contributed by atoms with van der Waals surface area (Å²) in [7, 11) is 1.44. The molecule has 0 aliphatic rings. The van der Waals surface area contributed by atoms with Crippen LogP contribution in [0, 0.1) is 12.7 Å². The molecule has 5 N–H and O–H groups in total. The second-order valence-corrected chi connectivity index (χ2v) is 7.63. The van der Waals surface area contributed by atoms with E-state index in [1.165, 1.54) is 23.9 Å². The maximum absolute atomic E-state index is 13.4. The number of amides is 3. The maximum Gasteiger partial charge on any atom is 0.269 e. The number of carbonyl (C=O) groups is 3. The van der Waals surface area contributed by atoms with Gasteiger partial charge in [0.1, 0.15) is 17.2 Å². The summed E-state index contributed by atoms with van der Waals surface area (Å²) in [6, 6.07) is 12.4. The molecule has 0 bridgehead atoms. The summed E-state index contributed by atoms with van der Waals surface area (Å²) in [6.07, 6.45) is 0. The van der Waals surface area contributed by atoms with Gasteiger partial charge in [-0.1, -0.05) is 30.3 Å². The third-order valence-electron chi connectivity index (χ3n) is 5.44. The number of para-hydroxylation sites is 1. The highest BCUT2D eigenvalue weighted by Crippen LogP contribution is 2.36. The van der Waals surface area contributed by atoms with Gasteiger partial charge in [0.05, 0.1) is 23.3 Å². The Morgan fingerprint density at radius 3 is 2.29 bits per heavy atom. The van der Waals surface area contributed by atoms with Crippen LogP contribution in [0.5, 0.6) is 0 Å². The van der Waals surface area contributed by atoms with Gasteiger partial charge in [-0.2, -0.15) is 5.10 Å². The highest BCUT2D eigenvalue weighted by Gasteiger charge is 2.31. The fourth-order valence-electron chi connectivity index (χ4n) is 4.00. The van der Waals surface area contributed by atoms with Crippen molar-refractivity contribution in [3.63, 3.8) is 0 Å². The second-order valence-electron chi connectivity index (χ2n) is 7.63. The second kappa shape index (κ2) is 8.74. The van der Waals surface area contributed by atoms with Crippen LogP contribution in [0.1, 0.15) is 42.6 Å². The lowest BCUT2D eigenvalue weighted by Crippen LogP contribution is -2.25. The molecule has 4 rings (SSSR count). The van der Waals surface area contributed by atoms with Gasteiger partial charge in [-0.3, -0.25) is 19.1 Å². The van der Waals surface area contributed by atoms with E-state index < -0.39 is 23.5 Å². The minimum atomic E-state index is -0.892. The Bertz CT molecular complexity index is 1460. The van der Waals surface area contributed by atoms with Crippen molar-refractivity contribution in [1.82, 2.24) is 20.1 Å². The predicted octanol–water partition coefficient (Wildman–Crippen LogP) is 2.15. The molecule has 9 nitrogen and oxygen atoms in total. The van der Waals surface area contributed by atoms with Crippen molar-refractivity contribution in [1.29, 1.82) is 0 Å². The van der Waals surface area contributed by atoms with E-state index in [1.807, 2.05) is 0 Å². The van der Waals surface area contributed by atoms with Crippen LogP contribution < -0.4 is 16.8 Å². The van der Waals surface area contributed by atoms with Crippen molar-refractivity contribution in [2.75, 3.05) is 7.05 Å². The van der Waals surface area contributed by atoms with Gasteiger partial charge in [-0.05, 0) is 30.7 Å². The molecular formula is C24H21FN6O3. The third-order valence-corrected chi connectivity index (χ3v) is 5.44. The molecule has 0 spiro atoms. The van der Waals surface area contributed by atoms with Gasteiger partial charge in [0.2, 0.25) is 5.91 Å². The highest BCUT2D eigenvalue weighted by molar-refractivity contribution is 6.17. The lowest BCUT2D eigenvalue weighted by molar-refractivity contribution is 0.0949. The molecule has 2 aromatic heterocycles. The number of hydrogen-bond acceptors (Lipinski definition) is 5. The van der Waals surface area contributed by atoms with E-state index in [4.69, 9.17) is 11.5 Å². The number of primary amides is 2. The first kappa shape index (κ1) is 22.6. The summed E-state index contributed by atoms with van der Waals surface area (Å²) in [5, 5.41) is 7.45. The van der Waals surface area contributed by atoms with Crippen molar-refractivity contribution in [3.05, 3.63) is 82.6 Å². The lowest BCUT2D eigenvalue weighted by Gasteiger charge is -2.15. The fraction of sp³-hybridized carbons (Fsp3) is 0.125. The number of nitrogens with two attached hydrogens (primary N) is 2. The average Bonchev–Trinajstić information content (AvgIpc) is 3.13. The third kappa shape index (κ3) is 3.85. The van der Waals surface area contributed by atoms with Crippen LogP contribution in [0.15, 0.2) is 48.5 Å². The van der Waals surface area contributed by atoms with Crippen molar-refractivity contribution in [3.8, 4) is 11.1 Å². The molecule has 4 aromatic rings. The van der Waals surface area contributed by atoms with E-state index in [0.29, 0.717) is 22.2 Å².